The lowest BCUT2D eigenvalue weighted by Gasteiger charge is -2.11. The number of hydrogen-bond acceptors (Lipinski definition) is 4. The smallest absolute Gasteiger partial charge is 0.411 e. The van der Waals surface area contributed by atoms with Crippen molar-refractivity contribution in [2.24, 2.45) is 0 Å². The topological polar surface area (TPSA) is 84.5 Å². The molecule has 0 fully saturated rings. The van der Waals surface area contributed by atoms with Gasteiger partial charge in [-0.2, -0.15) is 0 Å². The maximum atomic E-state index is 12.6. The van der Waals surface area contributed by atoms with E-state index < -0.39 is 16.1 Å². The normalized spacial score (nSPS) is 11.0. The number of benzene rings is 3. The Labute approximate surface area is 170 Å². The number of anilines is 2. The van der Waals surface area contributed by atoms with E-state index in [4.69, 9.17) is 4.74 Å². The van der Waals surface area contributed by atoms with Gasteiger partial charge in [-0.1, -0.05) is 36.4 Å². The number of carbonyl (C=O) groups is 1. The van der Waals surface area contributed by atoms with Gasteiger partial charge in [0, 0.05) is 11.4 Å². The standard InChI is InChI=1S/C22H22N2O4S/c1-16-12-17(2)14-20(13-16)24-29(26,27)21-10-8-19(9-11-21)23-22(25)28-15-18-6-4-3-5-7-18/h3-14,24H,15H2,1-2H3,(H,23,25). The Morgan fingerprint density at radius 1 is 0.862 bits per heavy atom. The molecule has 3 rings (SSSR count). The van der Waals surface area contributed by atoms with E-state index in [1.165, 1.54) is 24.3 Å². The zero-order valence-electron chi connectivity index (χ0n) is 16.2. The first-order valence-electron chi connectivity index (χ1n) is 9.01. The molecule has 0 atom stereocenters. The minimum atomic E-state index is -3.73. The summed E-state index contributed by atoms with van der Waals surface area (Å²) in [5.41, 5.74) is 3.76. The number of rotatable bonds is 6. The van der Waals surface area contributed by atoms with Gasteiger partial charge in [0.25, 0.3) is 10.0 Å². The highest BCUT2D eigenvalue weighted by Crippen LogP contribution is 2.20. The monoisotopic (exact) mass is 410 g/mol. The Morgan fingerprint density at radius 2 is 1.48 bits per heavy atom. The number of hydrogen-bond donors (Lipinski definition) is 2. The summed E-state index contributed by atoms with van der Waals surface area (Å²) in [6.07, 6.45) is -0.613. The van der Waals surface area contributed by atoms with Gasteiger partial charge in [0.15, 0.2) is 0 Å². The summed E-state index contributed by atoms with van der Waals surface area (Å²) in [6.45, 7) is 3.96. The Hall–Kier alpha value is -3.32. The van der Waals surface area contributed by atoms with Gasteiger partial charge in [-0.05, 0) is 66.9 Å². The maximum absolute atomic E-state index is 12.6. The van der Waals surface area contributed by atoms with Crippen LogP contribution in [0.4, 0.5) is 16.2 Å². The Bertz CT molecular complexity index is 1080. The molecular weight excluding hydrogens is 388 g/mol. The molecule has 0 unspecified atom stereocenters. The summed E-state index contributed by atoms with van der Waals surface area (Å²) in [6, 6.07) is 20.7. The van der Waals surface area contributed by atoms with Crippen molar-refractivity contribution >= 4 is 27.5 Å². The highest BCUT2D eigenvalue weighted by molar-refractivity contribution is 7.92. The number of ether oxygens (including phenoxy) is 1. The zero-order chi connectivity index (χ0) is 20.9. The predicted molar refractivity (Wildman–Crippen MR) is 113 cm³/mol. The molecule has 0 bridgehead atoms. The molecule has 0 aliphatic heterocycles. The highest BCUT2D eigenvalue weighted by Gasteiger charge is 2.15. The first kappa shape index (κ1) is 20.4. The number of sulfonamides is 1. The molecule has 0 aromatic heterocycles. The lowest BCUT2D eigenvalue weighted by atomic mass is 10.1. The van der Waals surface area contributed by atoms with Crippen molar-refractivity contribution in [2.45, 2.75) is 25.3 Å². The highest BCUT2D eigenvalue weighted by atomic mass is 32.2. The van der Waals surface area contributed by atoms with Gasteiger partial charge in [-0.3, -0.25) is 10.0 Å². The maximum Gasteiger partial charge on any atom is 0.411 e. The average molecular weight is 410 g/mol. The van der Waals surface area contributed by atoms with E-state index in [1.54, 1.807) is 12.1 Å². The fraction of sp³-hybridized carbons (Fsp3) is 0.136. The Kier molecular flexibility index (Phi) is 6.19. The summed E-state index contributed by atoms with van der Waals surface area (Å²) < 4.78 is 32.9. The first-order valence-corrected chi connectivity index (χ1v) is 10.5. The van der Waals surface area contributed by atoms with Gasteiger partial charge in [-0.25, -0.2) is 13.2 Å². The van der Waals surface area contributed by atoms with Crippen molar-refractivity contribution < 1.29 is 17.9 Å². The summed E-state index contributed by atoms with van der Waals surface area (Å²) in [4.78, 5) is 12.0. The average Bonchev–Trinajstić information content (AvgIpc) is 2.66. The second-order valence-electron chi connectivity index (χ2n) is 6.69. The molecule has 0 radical (unpaired) electrons. The molecule has 3 aromatic rings. The molecule has 1 amide bonds. The van der Waals surface area contributed by atoms with Gasteiger partial charge in [0.2, 0.25) is 0 Å². The Morgan fingerprint density at radius 3 is 2.10 bits per heavy atom. The van der Waals surface area contributed by atoms with Gasteiger partial charge < -0.3 is 4.74 Å². The van der Waals surface area contributed by atoms with Crippen LogP contribution in [0.15, 0.2) is 77.7 Å². The SMILES string of the molecule is Cc1cc(C)cc(NS(=O)(=O)c2ccc(NC(=O)OCc3ccccc3)cc2)c1. The zero-order valence-corrected chi connectivity index (χ0v) is 17.0. The van der Waals surface area contributed by atoms with E-state index >= 15 is 0 Å². The first-order chi connectivity index (χ1) is 13.8. The van der Waals surface area contributed by atoms with Gasteiger partial charge in [0.1, 0.15) is 6.61 Å². The molecule has 0 spiro atoms. The molecule has 0 aliphatic carbocycles. The molecule has 6 nitrogen and oxygen atoms in total. The van der Waals surface area contributed by atoms with E-state index in [1.807, 2.05) is 50.2 Å². The molecular formula is C22H22N2O4S. The van der Waals surface area contributed by atoms with Crippen molar-refractivity contribution in [1.82, 2.24) is 0 Å². The van der Waals surface area contributed by atoms with Crippen molar-refractivity contribution in [1.29, 1.82) is 0 Å². The van der Waals surface area contributed by atoms with Crippen LogP contribution in [0.3, 0.4) is 0 Å². The van der Waals surface area contributed by atoms with E-state index in [9.17, 15) is 13.2 Å². The van der Waals surface area contributed by atoms with Crippen LogP contribution in [0.25, 0.3) is 0 Å². The van der Waals surface area contributed by atoms with Crippen molar-refractivity contribution in [3.8, 4) is 0 Å². The van der Waals surface area contributed by atoms with E-state index in [0.717, 1.165) is 16.7 Å². The second-order valence-corrected chi connectivity index (χ2v) is 8.38. The molecule has 0 saturated carbocycles. The minimum absolute atomic E-state index is 0.0971. The largest absolute Gasteiger partial charge is 0.444 e. The third-order valence-corrected chi connectivity index (χ3v) is 5.49. The number of amides is 1. The fourth-order valence-electron chi connectivity index (χ4n) is 2.84. The van der Waals surface area contributed by atoms with E-state index in [0.29, 0.717) is 11.4 Å². The van der Waals surface area contributed by atoms with Crippen molar-refractivity contribution in [2.75, 3.05) is 10.0 Å². The van der Waals surface area contributed by atoms with Crippen LogP contribution in [0.2, 0.25) is 0 Å². The fourth-order valence-corrected chi connectivity index (χ4v) is 3.88. The molecule has 0 heterocycles. The van der Waals surface area contributed by atoms with Gasteiger partial charge in [0.05, 0.1) is 4.90 Å². The number of nitrogens with one attached hydrogen (secondary N) is 2. The number of carbonyl (C=O) groups excluding carboxylic acids is 1. The molecule has 7 heteroatoms. The molecule has 2 N–H and O–H groups in total. The summed E-state index contributed by atoms with van der Waals surface area (Å²) in [7, 11) is -3.73. The molecule has 0 saturated heterocycles. The van der Waals surface area contributed by atoms with Crippen LogP contribution in [0.1, 0.15) is 16.7 Å². The Balaban J connectivity index is 1.62. The van der Waals surface area contributed by atoms with E-state index in [-0.39, 0.29) is 11.5 Å². The van der Waals surface area contributed by atoms with Crippen LogP contribution in [-0.2, 0) is 21.4 Å². The lowest BCUT2D eigenvalue weighted by molar-refractivity contribution is 0.155. The molecule has 29 heavy (non-hydrogen) atoms. The lowest BCUT2D eigenvalue weighted by Crippen LogP contribution is -2.15. The van der Waals surface area contributed by atoms with E-state index in [2.05, 4.69) is 10.0 Å². The number of aryl methyl sites for hydroxylation is 2. The predicted octanol–water partition coefficient (Wildman–Crippen LogP) is 4.85. The van der Waals surface area contributed by atoms with Gasteiger partial charge in [-0.15, -0.1) is 0 Å². The summed E-state index contributed by atoms with van der Waals surface area (Å²) in [5.74, 6) is 0. The van der Waals surface area contributed by atoms with Crippen LogP contribution < -0.4 is 10.0 Å². The van der Waals surface area contributed by atoms with Gasteiger partial charge >= 0.3 is 6.09 Å². The molecule has 150 valence electrons. The van der Waals surface area contributed by atoms with Crippen molar-refractivity contribution in [3.05, 3.63) is 89.5 Å². The van der Waals surface area contributed by atoms with Crippen LogP contribution >= 0.6 is 0 Å². The third kappa shape index (κ3) is 5.83. The van der Waals surface area contributed by atoms with Crippen LogP contribution in [0.5, 0.6) is 0 Å². The minimum Gasteiger partial charge on any atom is -0.444 e. The molecule has 3 aromatic carbocycles. The van der Waals surface area contributed by atoms with Crippen LogP contribution in [-0.4, -0.2) is 14.5 Å². The summed E-state index contributed by atoms with van der Waals surface area (Å²) >= 11 is 0. The third-order valence-electron chi connectivity index (χ3n) is 4.10. The summed E-state index contributed by atoms with van der Waals surface area (Å²) in [5, 5.41) is 2.58. The second kappa shape index (κ2) is 8.79. The quantitative estimate of drug-likeness (QED) is 0.608. The molecule has 0 aliphatic rings. The van der Waals surface area contributed by atoms with Crippen molar-refractivity contribution in [3.63, 3.8) is 0 Å². The van der Waals surface area contributed by atoms with Crippen LogP contribution in [0, 0.1) is 13.8 Å².